The molecule has 0 bridgehead atoms. The van der Waals surface area contributed by atoms with Gasteiger partial charge in [-0.05, 0) is 37.0 Å². The highest BCUT2D eigenvalue weighted by molar-refractivity contribution is 6.26. The molecule has 0 unspecified atom stereocenters. The molecule has 0 aromatic heterocycles. The summed E-state index contributed by atoms with van der Waals surface area (Å²) in [6.07, 6.45) is 5.26. The Morgan fingerprint density at radius 2 is 1.79 bits per heavy atom. The molecule has 6 nitrogen and oxygen atoms in total. The molecule has 126 valence electrons. The Hall–Kier alpha value is -2.44. The van der Waals surface area contributed by atoms with Gasteiger partial charge in [0.25, 0.3) is 11.8 Å². The number of amides is 4. The Morgan fingerprint density at radius 3 is 2.54 bits per heavy atom. The van der Waals surface area contributed by atoms with E-state index in [1.54, 1.807) is 0 Å². The maximum absolute atomic E-state index is 13.8. The zero-order valence-electron chi connectivity index (χ0n) is 13.1. The highest BCUT2D eigenvalue weighted by atomic mass is 19.1. The number of hydrogen-bond donors (Lipinski definition) is 2. The van der Waals surface area contributed by atoms with E-state index in [-0.39, 0.29) is 11.5 Å². The van der Waals surface area contributed by atoms with Crippen molar-refractivity contribution in [3.63, 3.8) is 0 Å². The first-order valence-corrected chi connectivity index (χ1v) is 8.28. The summed E-state index contributed by atoms with van der Waals surface area (Å²) in [6, 6.07) is 3.22. The number of nitrogens with zero attached hydrogens (tertiary/aromatic N) is 1. The van der Waals surface area contributed by atoms with Gasteiger partial charge >= 0.3 is 6.03 Å². The van der Waals surface area contributed by atoms with Crippen LogP contribution >= 0.6 is 0 Å². The van der Waals surface area contributed by atoms with Crippen molar-refractivity contribution in [2.75, 3.05) is 11.9 Å². The van der Waals surface area contributed by atoms with Crippen LogP contribution in [0.5, 0.6) is 0 Å². The number of urea groups is 1. The minimum Gasteiger partial charge on any atom is -0.323 e. The second-order valence-corrected chi connectivity index (χ2v) is 6.73. The van der Waals surface area contributed by atoms with Crippen LogP contribution in [0, 0.1) is 11.7 Å². The van der Waals surface area contributed by atoms with Crippen LogP contribution < -0.4 is 10.6 Å². The molecule has 24 heavy (non-hydrogen) atoms. The number of carbonyl (C=O) groups is 3. The Balaban J connectivity index is 1.78. The van der Waals surface area contributed by atoms with Gasteiger partial charge in [0, 0.05) is 17.8 Å². The third-order valence-corrected chi connectivity index (χ3v) is 5.31. The van der Waals surface area contributed by atoms with Crippen LogP contribution in [0.3, 0.4) is 0 Å². The second-order valence-electron chi connectivity index (χ2n) is 6.73. The Labute approximate surface area is 138 Å². The predicted octanol–water partition coefficient (Wildman–Crippen LogP) is 2.11. The van der Waals surface area contributed by atoms with Gasteiger partial charge in [-0.1, -0.05) is 19.3 Å². The first-order valence-electron chi connectivity index (χ1n) is 8.28. The van der Waals surface area contributed by atoms with Crippen molar-refractivity contribution in [1.29, 1.82) is 0 Å². The van der Waals surface area contributed by atoms with Crippen molar-refractivity contribution >= 4 is 23.5 Å². The van der Waals surface area contributed by atoms with E-state index in [0.717, 1.165) is 25.7 Å². The van der Waals surface area contributed by atoms with Gasteiger partial charge in [-0.15, -0.1) is 0 Å². The van der Waals surface area contributed by atoms with Gasteiger partial charge in [-0.2, -0.15) is 0 Å². The summed E-state index contributed by atoms with van der Waals surface area (Å²) in [5.41, 5.74) is -1.20. The molecule has 2 fully saturated rings. The van der Waals surface area contributed by atoms with Gasteiger partial charge in [0.15, 0.2) is 0 Å². The van der Waals surface area contributed by atoms with Gasteiger partial charge in [0.2, 0.25) is 5.54 Å². The monoisotopic (exact) mass is 331 g/mol. The first kappa shape index (κ1) is 15.1. The van der Waals surface area contributed by atoms with E-state index >= 15 is 0 Å². The van der Waals surface area contributed by atoms with Crippen molar-refractivity contribution in [2.45, 2.75) is 37.6 Å². The molecule has 7 heteroatoms. The molecule has 0 radical (unpaired) electrons. The molecule has 1 aromatic rings. The molecule has 4 rings (SSSR count). The van der Waals surface area contributed by atoms with Gasteiger partial charge in [-0.3, -0.25) is 19.8 Å². The van der Waals surface area contributed by atoms with Crippen LogP contribution in [0.1, 0.15) is 37.7 Å². The molecule has 1 saturated carbocycles. The van der Waals surface area contributed by atoms with E-state index in [4.69, 9.17) is 0 Å². The Morgan fingerprint density at radius 1 is 1.08 bits per heavy atom. The van der Waals surface area contributed by atoms with Crippen molar-refractivity contribution in [3.05, 3.63) is 29.6 Å². The maximum Gasteiger partial charge on any atom is 0.325 e. The number of benzene rings is 1. The Bertz CT molecular complexity index is 745. The number of fused-ring (bicyclic) bond motifs is 2. The summed E-state index contributed by atoms with van der Waals surface area (Å²) in [7, 11) is 0. The van der Waals surface area contributed by atoms with Gasteiger partial charge in [-0.25, -0.2) is 9.18 Å². The molecular formula is C17H18FN3O3. The fourth-order valence-corrected chi connectivity index (χ4v) is 4.13. The van der Waals surface area contributed by atoms with Crippen LogP contribution in [0.25, 0.3) is 0 Å². The average Bonchev–Trinajstić information content (AvgIpc) is 2.98. The number of hydrogen-bond acceptors (Lipinski definition) is 3. The highest BCUT2D eigenvalue weighted by Crippen LogP contribution is 2.44. The number of nitrogens with one attached hydrogen (secondary N) is 2. The largest absolute Gasteiger partial charge is 0.325 e. The van der Waals surface area contributed by atoms with E-state index in [0.29, 0.717) is 12.2 Å². The van der Waals surface area contributed by atoms with E-state index < -0.39 is 29.2 Å². The fraction of sp³-hybridized carbons (Fsp3) is 0.471. The first-order chi connectivity index (χ1) is 11.5. The van der Waals surface area contributed by atoms with Crippen LogP contribution in [0.4, 0.5) is 14.9 Å². The smallest absolute Gasteiger partial charge is 0.323 e. The lowest BCUT2D eigenvalue weighted by Gasteiger charge is -2.34. The molecule has 4 amide bonds. The summed E-state index contributed by atoms with van der Waals surface area (Å²) in [4.78, 5) is 39.0. The number of rotatable bonds is 2. The number of anilines is 1. The summed E-state index contributed by atoms with van der Waals surface area (Å²) >= 11 is 0. The quantitative estimate of drug-likeness (QED) is 0.643. The number of imide groups is 1. The third kappa shape index (κ3) is 1.96. The predicted molar refractivity (Wildman–Crippen MR) is 83.5 cm³/mol. The van der Waals surface area contributed by atoms with Crippen LogP contribution in [0.15, 0.2) is 18.2 Å². The van der Waals surface area contributed by atoms with Crippen molar-refractivity contribution in [1.82, 2.24) is 10.2 Å². The maximum atomic E-state index is 13.8. The van der Waals surface area contributed by atoms with Crippen molar-refractivity contribution in [2.24, 2.45) is 5.92 Å². The fourth-order valence-electron chi connectivity index (χ4n) is 4.13. The number of carbonyl (C=O) groups excluding carboxylic acids is 3. The lowest BCUT2D eigenvalue weighted by molar-refractivity contribution is -0.137. The third-order valence-electron chi connectivity index (χ3n) is 5.31. The highest BCUT2D eigenvalue weighted by Gasteiger charge is 2.63. The summed E-state index contributed by atoms with van der Waals surface area (Å²) < 4.78 is 13.8. The van der Waals surface area contributed by atoms with E-state index in [1.165, 1.54) is 29.5 Å². The normalized spacial score (nSPS) is 26.7. The lowest BCUT2D eigenvalue weighted by atomic mass is 9.85. The zero-order chi connectivity index (χ0) is 16.9. The molecular weight excluding hydrogens is 313 g/mol. The lowest BCUT2D eigenvalue weighted by Crippen LogP contribution is -2.53. The zero-order valence-corrected chi connectivity index (χ0v) is 13.1. The average molecular weight is 331 g/mol. The molecule has 2 aliphatic heterocycles. The molecule has 3 aliphatic rings. The molecule has 1 aromatic carbocycles. The van der Waals surface area contributed by atoms with Gasteiger partial charge < -0.3 is 5.32 Å². The molecule has 1 atom stereocenters. The molecule has 2 heterocycles. The topological polar surface area (TPSA) is 78.5 Å². The Kier molecular flexibility index (Phi) is 3.33. The molecule has 1 spiro atoms. The standard InChI is InChI=1S/C17H18FN3O3/c18-11-6-7-13-12(8-11)17(14(22)19-13)15(23)20-16(24)21(17)9-10-4-2-1-3-5-10/h6-8,10H,1-5,9H2,(H,19,22)(H,20,23,24)/t17-/m1/s1. The summed E-state index contributed by atoms with van der Waals surface area (Å²) in [5, 5.41) is 4.86. The number of halogens is 1. The molecule has 1 saturated heterocycles. The van der Waals surface area contributed by atoms with Crippen LogP contribution in [-0.4, -0.2) is 29.3 Å². The minimum atomic E-state index is -1.79. The molecule has 2 N–H and O–H groups in total. The van der Waals surface area contributed by atoms with E-state index in [1.807, 2.05) is 0 Å². The van der Waals surface area contributed by atoms with Gasteiger partial charge in [0.05, 0.1) is 0 Å². The van der Waals surface area contributed by atoms with Crippen molar-refractivity contribution < 1.29 is 18.8 Å². The second kappa shape index (κ2) is 5.29. The van der Waals surface area contributed by atoms with E-state index in [2.05, 4.69) is 10.6 Å². The SMILES string of the molecule is O=C1NC(=O)[C@@]2(C(=O)Nc3ccc(F)cc32)N1CC1CCCCC1. The summed E-state index contributed by atoms with van der Waals surface area (Å²) in [5.74, 6) is -1.60. The summed E-state index contributed by atoms with van der Waals surface area (Å²) in [6.45, 7) is 0.320. The van der Waals surface area contributed by atoms with E-state index in [9.17, 15) is 18.8 Å². The van der Waals surface area contributed by atoms with Crippen molar-refractivity contribution in [3.8, 4) is 0 Å². The molecule has 1 aliphatic carbocycles. The van der Waals surface area contributed by atoms with Crippen LogP contribution in [-0.2, 0) is 15.1 Å². The van der Waals surface area contributed by atoms with Gasteiger partial charge in [0.1, 0.15) is 5.82 Å². The van der Waals surface area contributed by atoms with Crippen LogP contribution in [0.2, 0.25) is 0 Å². The minimum absolute atomic E-state index is 0.214.